The average Bonchev–Trinajstić information content (AvgIpc) is 2.45. The zero-order chi connectivity index (χ0) is 10.6. The maximum absolute atomic E-state index is 12.1. The van der Waals surface area contributed by atoms with Crippen molar-refractivity contribution in [3.8, 4) is 0 Å². The van der Waals surface area contributed by atoms with Crippen molar-refractivity contribution >= 4 is 11.9 Å². The van der Waals surface area contributed by atoms with Crippen LogP contribution in [0, 0.1) is 0 Å². The van der Waals surface area contributed by atoms with Gasteiger partial charge in [0.05, 0.1) is 0 Å². The van der Waals surface area contributed by atoms with Gasteiger partial charge in [0.15, 0.2) is 5.60 Å². The summed E-state index contributed by atoms with van der Waals surface area (Å²) in [5.74, 6) is 0.0158. The number of rotatable bonds is 0. The molecule has 2 aliphatic heterocycles. The SMILES string of the molecule is CC1(C)OC(=O)N2CCCC2(C)C1=O. The van der Waals surface area contributed by atoms with Gasteiger partial charge in [0.2, 0.25) is 5.78 Å². The van der Waals surface area contributed by atoms with E-state index in [1.807, 2.05) is 6.92 Å². The molecule has 78 valence electrons. The van der Waals surface area contributed by atoms with Crippen LogP contribution in [0.2, 0.25) is 0 Å². The number of cyclic esters (lactones) is 1. The van der Waals surface area contributed by atoms with E-state index < -0.39 is 11.1 Å². The Morgan fingerprint density at radius 2 is 1.93 bits per heavy atom. The topological polar surface area (TPSA) is 46.6 Å². The molecule has 2 rings (SSSR count). The lowest BCUT2D eigenvalue weighted by Gasteiger charge is -2.44. The van der Waals surface area contributed by atoms with Gasteiger partial charge in [-0.25, -0.2) is 4.79 Å². The zero-order valence-corrected chi connectivity index (χ0v) is 8.79. The predicted octanol–water partition coefficient (Wildman–Crippen LogP) is 1.34. The minimum absolute atomic E-state index is 0.0158. The molecule has 2 saturated heterocycles. The summed E-state index contributed by atoms with van der Waals surface area (Å²) in [7, 11) is 0. The molecule has 0 N–H and O–H groups in total. The molecule has 0 aliphatic carbocycles. The van der Waals surface area contributed by atoms with E-state index >= 15 is 0 Å². The summed E-state index contributed by atoms with van der Waals surface area (Å²) < 4.78 is 5.10. The Bertz CT molecular complexity index is 310. The summed E-state index contributed by atoms with van der Waals surface area (Å²) in [6, 6.07) is 0. The van der Waals surface area contributed by atoms with Gasteiger partial charge in [0.25, 0.3) is 0 Å². The molecule has 0 aromatic heterocycles. The first-order valence-corrected chi connectivity index (χ1v) is 4.93. The van der Waals surface area contributed by atoms with E-state index in [4.69, 9.17) is 4.74 Å². The van der Waals surface area contributed by atoms with Gasteiger partial charge in [0, 0.05) is 6.54 Å². The van der Waals surface area contributed by atoms with Gasteiger partial charge in [-0.1, -0.05) is 0 Å². The fraction of sp³-hybridized carbons (Fsp3) is 0.800. The molecule has 0 spiro atoms. The fourth-order valence-corrected chi connectivity index (χ4v) is 2.46. The number of fused-ring (bicyclic) bond motifs is 1. The highest BCUT2D eigenvalue weighted by atomic mass is 16.6. The second-order valence-corrected chi connectivity index (χ2v) is 4.74. The molecule has 0 radical (unpaired) electrons. The van der Waals surface area contributed by atoms with Crippen LogP contribution in [0.15, 0.2) is 0 Å². The van der Waals surface area contributed by atoms with Crippen molar-refractivity contribution in [2.75, 3.05) is 6.54 Å². The Morgan fingerprint density at radius 3 is 2.57 bits per heavy atom. The van der Waals surface area contributed by atoms with Crippen molar-refractivity contribution in [3.05, 3.63) is 0 Å². The number of carbonyl (C=O) groups is 2. The number of ether oxygens (including phenoxy) is 1. The summed E-state index contributed by atoms with van der Waals surface area (Å²) in [4.78, 5) is 25.2. The number of nitrogens with zero attached hydrogens (tertiary/aromatic N) is 1. The van der Waals surface area contributed by atoms with Gasteiger partial charge in [-0.15, -0.1) is 0 Å². The van der Waals surface area contributed by atoms with Crippen LogP contribution in [-0.2, 0) is 9.53 Å². The maximum atomic E-state index is 12.1. The molecule has 4 nitrogen and oxygen atoms in total. The van der Waals surface area contributed by atoms with Gasteiger partial charge >= 0.3 is 6.09 Å². The molecule has 1 unspecified atom stereocenters. The second kappa shape index (κ2) is 2.49. The summed E-state index contributed by atoms with van der Waals surface area (Å²) in [5, 5.41) is 0. The van der Waals surface area contributed by atoms with Crippen LogP contribution >= 0.6 is 0 Å². The molecule has 1 atom stereocenters. The molecule has 4 heteroatoms. The number of hydrogen-bond acceptors (Lipinski definition) is 3. The number of amides is 1. The summed E-state index contributed by atoms with van der Waals surface area (Å²) in [6.45, 7) is 5.80. The van der Waals surface area contributed by atoms with Crippen LogP contribution in [0.1, 0.15) is 33.6 Å². The minimum atomic E-state index is -0.966. The van der Waals surface area contributed by atoms with Gasteiger partial charge < -0.3 is 4.74 Å². The van der Waals surface area contributed by atoms with Gasteiger partial charge in [-0.2, -0.15) is 0 Å². The van der Waals surface area contributed by atoms with E-state index in [0.717, 1.165) is 12.8 Å². The largest absolute Gasteiger partial charge is 0.435 e. The first-order valence-electron chi connectivity index (χ1n) is 4.93. The highest BCUT2D eigenvalue weighted by molar-refractivity contribution is 6.01. The first-order chi connectivity index (χ1) is 6.38. The third kappa shape index (κ3) is 0.996. The molecule has 0 bridgehead atoms. The lowest BCUT2D eigenvalue weighted by atomic mass is 9.83. The number of ketones is 1. The van der Waals surface area contributed by atoms with E-state index in [9.17, 15) is 9.59 Å². The van der Waals surface area contributed by atoms with Gasteiger partial charge in [0.1, 0.15) is 5.54 Å². The van der Waals surface area contributed by atoms with E-state index in [1.165, 1.54) is 0 Å². The summed E-state index contributed by atoms with van der Waals surface area (Å²) in [6.07, 6.45) is 1.28. The lowest BCUT2D eigenvalue weighted by molar-refractivity contribution is -0.153. The standard InChI is InChI=1S/C10H15NO3/c1-9(2)7(12)10(3)5-4-6-11(10)8(13)14-9/h4-6H2,1-3H3. The van der Waals surface area contributed by atoms with Crippen molar-refractivity contribution in [1.29, 1.82) is 0 Å². The Kier molecular flexibility index (Phi) is 1.69. The van der Waals surface area contributed by atoms with Crippen molar-refractivity contribution in [2.24, 2.45) is 0 Å². The van der Waals surface area contributed by atoms with Crippen LogP contribution in [-0.4, -0.2) is 34.5 Å². The normalized spacial score (nSPS) is 35.5. The molecule has 1 amide bonds. The molecule has 0 saturated carbocycles. The highest BCUT2D eigenvalue weighted by Crippen LogP contribution is 2.38. The van der Waals surface area contributed by atoms with Crippen molar-refractivity contribution in [1.82, 2.24) is 4.90 Å². The third-order valence-corrected chi connectivity index (χ3v) is 3.24. The van der Waals surface area contributed by atoms with Crippen LogP contribution in [0.4, 0.5) is 4.79 Å². The number of Topliss-reactive ketones (excluding diaryl/α,β-unsaturated/α-hetero) is 1. The van der Waals surface area contributed by atoms with Crippen LogP contribution in [0.5, 0.6) is 0 Å². The minimum Gasteiger partial charge on any atom is -0.435 e. The number of carbonyl (C=O) groups excluding carboxylic acids is 2. The second-order valence-electron chi connectivity index (χ2n) is 4.74. The molecule has 14 heavy (non-hydrogen) atoms. The molecule has 2 aliphatic rings. The smallest absolute Gasteiger partial charge is 0.411 e. The van der Waals surface area contributed by atoms with Crippen molar-refractivity contribution < 1.29 is 14.3 Å². The molecule has 0 aromatic carbocycles. The molecule has 2 heterocycles. The Morgan fingerprint density at radius 1 is 1.29 bits per heavy atom. The molecular formula is C10H15NO3. The van der Waals surface area contributed by atoms with E-state index in [0.29, 0.717) is 6.54 Å². The summed E-state index contributed by atoms with van der Waals surface area (Å²) in [5.41, 5.74) is -1.59. The van der Waals surface area contributed by atoms with Crippen molar-refractivity contribution in [2.45, 2.75) is 44.8 Å². The third-order valence-electron chi connectivity index (χ3n) is 3.24. The Hall–Kier alpha value is -1.06. The van der Waals surface area contributed by atoms with Gasteiger partial charge in [-0.3, -0.25) is 9.69 Å². The van der Waals surface area contributed by atoms with Gasteiger partial charge in [-0.05, 0) is 33.6 Å². The fourth-order valence-electron chi connectivity index (χ4n) is 2.46. The molecule has 0 aromatic rings. The number of hydrogen-bond donors (Lipinski definition) is 0. The Labute approximate surface area is 83.2 Å². The quantitative estimate of drug-likeness (QED) is 0.588. The van der Waals surface area contributed by atoms with E-state index in [2.05, 4.69) is 0 Å². The highest BCUT2D eigenvalue weighted by Gasteiger charge is 2.57. The van der Waals surface area contributed by atoms with E-state index in [-0.39, 0.29) is 11.9 Å². The predicted molar refractivity (Wildman–Crippen MR) is 49.9 cm³/mol. The lowest BCUT2D eigenvalue weighted by Crippen LogP contribution is -2.64. The van der Waals surface area contributed by atoms with E-state index in [1.54, 1.807) is 18.7 Å². The summed E-state index contributed by atoms with van der Waals surface area (Å²) >= 11 is 0. The maximum Gasteiger partial charge on any atom is 0.411 e. The monoisotopic (exact) mass is 197 g/mol. The zero-order valence-electron chi connectivity index (χ0n) is 8.79. The van der Waals surface area contributed by atoms with Crippen LogP contribution < -0.4 is 0 Å². The first kappa shape index (κ1) is 9.49. The Balaban J connectivity index is 2.42. The van der Waals surface area contributed by atoms with Crippen LogP contribution in [0.25, 0.3) is 0 Å². The van der Waals surface area contributed by atoms with Crippen molar-refractivity contribution in [3.63, 3.8) is 0 Å². The van der Waals surface area contributed by atoms with Crippen LogP contribution in [0.3, 0.4) is 0 Å². The molecule has 2 fully saturated rings. The average molecular weight is 197 g/mol. The molecular weight excluding hydrogens is 182 g/mol.